The highest BCUT2D eigenvalue weighted by molar-refractivity contribution is 5.63. The molecule has 122 valence electrons. The Balaban J connectivity index is 1.75. The first-order chi connectivity index (χ1) is 11.2. The van der Waals surface area contributed by atoms with Gasteiger partial charge in [0.25, 0.3) is 0 Å². The van der Waals surface area contributed by atoms with Gasteiger partial charge in [-0.05, 0) is 59.9 Å². The van der Waals surface area contributed by atoms with E-state index in [1.807, 2.05) is 12.1 Å². The summed E-state index contributed by atoms with van der Waals surface area (Å²) >= 11 is 0. The van der Waals surface area contributed by atoms with Crippen LogP contribution in [0.4, 0.5) is 8.78 Å². The van der Waals surface area contributed by atoms with Crippen LogP contribution >= 0.6 is 0 Å². The second-order valence-electron chi connectivity index (χ2n) is 6.73. The molecule has 2 heteroatoms. The largest absolute Gasteiger partial charge is 0.204 e. The molecule has 1 aliphatic rings. The van der Waals surface area contributed by atoms with E-state index in [1.54, 1.807) is 6.07 Å². The van der Waals surface area contributed by atoms with Gasteiger partial charge in [0.1, 0.15) is 0 Å². The Morgan fingerprint density at radius 2 is 1.57 bits per heavy atom. The van der Waals surface area contributed by atoms with Crippen LogP contribution in [0.2, 0.25) is 0 Å². The molecule has 0 amide bonds. The van der Waals surface area contributed by atoms with Crippen molar-refractivity contribution in [2.75, 3.05) is 0 Å². The van der Waals surface area contributed by atoms with Crippen LogP contribution in [0.25, 0.3) is 11.1 Å². The lowest BCUT2D eigenvalue weighted by atomic mass is 9.90. The van der Waals surface area contributed by atoms with E-state index in [0.29, 0.717) is 5.92 Å². The maximum atomic E-state index is 13.4. The fourth-order valence-corrected chi connectivity index (χ4v) is 3.74. The van der Waals surface area contributed by atoms with E-state index in [-0.39, 0.29) is 0 Å². The molecule has 0 heterocycles. The maximum absolute atomic E-state index is 13.4. The average molecular weight is 314 g/mol. The molecule has 0 aromatic heterocycles. The standard InChI is InChI=1S/C21H24F2/c1-2-15-4-3-5-16(7-6-15)17-8-10-18(11-9-17)19-12-13-20(22)21(23)14-19/h8-16H,2-7H2,1H3. The summed E-state index contributed by atoms with van der Waals surface area (Å²) < 4.78 is 26.4. The molecule has 2 aromatic rings. The van der Waals surface area contributed by atoms with Crippen LogP contribution in [0.5, 0.6) is 0 Å². The molecule has 1 fully saturated rings. The van der Waals surface area contributed by atoms with Crippen molar-refractivity contribution in [1.82, 2.24) is 0 Å². The van der Waals surface area contributed by atoms with Gasteiger partial charge >= 0.3 is 0 Å². The summed E-state index contributed by atoms with van der Waals surface area (Å²) in [5.74, 6) is -0.0535. The lowest BCUT2D eigenvalue weighted by molar-refractivity contribution is 0.443. The fraction of sp³-hybridized carbons (Fsp3) is 0.429. The molecule has 1 saturated carbocycles. The van der Waals surface area contributed by atoms with E-state index >= 15 is 0 Å². The average Bonchev–Trinajstić information content (AvgIpc) is 2.83. The zero-order valence-corrected chi connectivity index (χ0v) is 13.7. The Labute approximate surface area is 137 Å². The number of hydrogen-bond donors (Lipinski definition) is 0. The normalized spacial score (nSPS) is 21.9. The van der Waals surface area contributed by atoms with Crippen LogP contribution in [0, 0.1) is 17.6 Å². The number of halogens is 2. The minimum absolute atomic E-state index is 0.644. The topological polar surface area (TPSA) is 0 Å². The number of rotatable bonds is 3. The van der Waals surface area contributed by atoms with Gasteiger partial charge < -0.3 is 0 Å². The second-order valence-corrected chi connectivity index (χ2v) is 6.73. The highest BCUT2D eigenvalue weighted by atomic mass is 19.2. The Bertz CT molecular complexity index is 645. The van der Waals surface area contributed by atoms with Gasteiger partial charge in [0.15, 0.2) is 11.6 Å². The summed E-state index contributed by atoms with van der Waals surface area (Å²) in [4.78, 5) is 0. The highest BCUT2D eigenvalue weighted by Gasteiger charge is 2.19. The van der Waals surface area contributed by atoms with Crippen molar-refractivity contribution < 1.29 is 8.78 Å². The molecule has 0 aliphatic heterocycles. The molecule has 2 aromatic carbocycles. The van der Waals surface area contributed by atoms with Crippen LogP contribution in [-0.2, 0) is 0 Å². The molecule has 0 bridgehead atoms. The van der Waals surface area contributed by atoms with E-state index < -0.39 is 11.6 Å². The van der Waals surface area contributed by atoms with Crippen LogP contribution in [0.1, 0.15) is 56.9 Å². The van der Waals surface area contributed by atoms with Crippen LogP contribution in [-0.4, -0.2) is 0 Å². The molecule has 0 spiro atoms. The van der Waals surface area contributed by atoms with Crippen molar-refractivity contribution in [2.24, 2.45) is 5.92 Å². The summed E-state index contributed by atoms with van der Waals surface area (Å²) in [6.45, 7) is 2.29. The SMILES string of the molecule is CCC1CCCC(c2ccc(-c3ccc(F)c(F)c3)cc2)CC1. The van der Waals surface area contributed by atoms with E-state index in [1.165, 1.54) is 56.2 Å². The monoisotopic (exact) mass is 314 g/mol. The third kappa shape index (κ3) is 3.80. The van der Waals surface area contributed by atoms with E-state index in [9.17, 15) is 8.78 Å². The quantitative estimate of drug-likeness (QED) is 0.553. The molecule has 0 radical (unpaired) electrons. The molecule has 0 nitrogen and oxygen atoms in total. The third-order valence-electron chi connectivity index (χ3n) is 5.30. The number of benzene rings is 2. The van der Waals surface area contributed by atoms with Crippen LogP contribution in [0.3, 0.4) is 0 Å². The molecule has 2 atom stereocenters. The Hall–Kier alpha value is -1.70. The van der Waals surface area contributed by atoms with Crippen molar-refractivity contribution in [3.05, 3.63) is 59.7 Å². The summed E-state index contributed by atoms with van der Waals surface area (Å²) in [6.07, 6.45) is 7.83. The zero-order valence-electron chi connectivity index (χ0n) is 13.7. The molecule has 23 heavy (non-hydrogen) atoms. The van der Waals surface area contributed by atoms with Gasteiger partial charge in [0.05, 0.1) is 0 Å². The predicted molar refractivity (Wildman–Crippen MR) is 91.4 cm³/mol. The minimum Gasteiger partial charge on any atom is -0.204 e. The van der Waals surface area contributed by atoms with Crippen molar-refractivity contribution in [3.63, 3.8) is 0 Å². The van der Waals surface area contributed by atoms with Gasteiger partial charge in [-0.2, -0.15) is 0 Å². The van der Waals surface area contributed by atoms with Gasteiger partial charge in [-0.25, -0.2) is 8.78 Å². The van der Waals surface area contributed by atoms with E-state index in [4.69, 9.17) is 0 Å². The van der Waals surface area contributed by atoms with Crippen LogP contribution in [0.15, 0.2) is 42.5 Å². The molecular formula is C21H24F2. The lowest BCUT2D eigenvalue weighted by Gasteiger charge is -2.15. The maximum Gasteiger partial charge on any atom is 0.159 e. The van der Waals surface area contributed by atoms with E-state index in [2.05, 4.69) is 19.1 Å². The minimum atomic E-state index is -0.797. The molecule has 0 saturated heterocycles. The Morgan fingerprint density at radius 3 is 2.26 bits per heavy atom. The van der Waals surface area contributed by atoms with Gasteiger partial charge in [-0.15, -0.1) is 0 Å². The van der Waals surface area contributed by atoms with E-state index in [0.717, 1.165) is 17.0 Å². The molecule has 1 aliphatic carbocycles. The van der Waals surface area contributed by atoms with Crippen molar-refractivity contribution in [3.8, 4) is 11.1 Å². The molecular weight excluding hydrogens is 290 g/mol. The Kier molecular flexibility index (Phi) is 5.09. The number of hydrogen-bond acceptors (Lipinski definition) is 0. The van der Waals surface area contributed by atoms with Gasteiger partial charge in [-0.1, -0.05) is 56.5 Å². The van der Waals surface area contributed by atoms with Gasteiger partial charge in [0, 0.05) is 0 Å². The van der Waals surface area contributed by atoms with Crippen molar-refractivity contribution in [2.45, 2.75) is 51.4 Å². The van der Waals surface area contributed by atoms with Gasteiger partial charge in [-0.3, -0.25) is 0 Å². The van der Waals surface area contributed by atoms with Crippen LogP contribution < -0.4 is 0 Å². The lowest BCUT2D eigenvalue weighted by Crippen LogP contribution is -1.98. The first-order valence-electron chi connectivity index (χ1n) is 8.72. The van der Waals surface area contributed by atoms with Gasteiger partial charge in [0.2, 0.25) is 0 Å². The Morgan fingerprint density at radius 1 is 0.826 bits per heavy atom. The summed E-state index contributed by atoms with van der Waals surface area (Å²) in [5, 5.41) is 0. The summed E-state index contributed by atoms with van der Waals surface area (Å²) in [5.41, 5.74) is 3.04. The predicted octanol–water partition coefficient (Wildman–Crippen LogP) is 6.71. The highest BCUT2D eigenvalue weighted by Crippen LogP contribution is 2.35. The molecule has 0 N–H and O–H groups in total. The fourth-order valence-electron chi connectivity index (χ4n) is 3.74. The summed E-state index contributed by atoms with van der Waals surface area (Å²) in [7, 11) is 0. The second kappa shape index (κ2) is 7.25. The van der Waals surface area contributed by atoms with Crippen molar-refractivity contribution in [1.29, 1.82) is 0 Å². The van der Waals surface area contributed by atoms with Crippen molar-refractivity contribution >= 4 is 0 Å². The summed E-state index contributed by atoms with van der Waals surface area (Å²) in [6, 6.07) is 12.5. The molecule has 2 unspecified atom stereocenters. The first kappa shape index (κ1) is 16.2. The smallest absolute Gasteiger partial charge is 0.159 e. The third-order valence-corrected chi connectivity index (χ3v) is 5.30. The zero-order chi connectivity index (χ0) is 16.2. The first-order valence-corrected chi connectivity index (χ1v) is 8.72. The molecule has 3 rings (SSSR count).